The average Bonchev–Trinajstić information content (AvgIpc) is 3.01. The van der Waals surface area contributed by atoms with Crippen LogP contribution in [0.1, 0.15) is 17.9 Å². The molecule has 0 aliphatic carbocycles. The summed E-state index contributed by atoms with van der Waals surface area (Å²) in [6.45, 7) is 3.11. The Morgan fingerprint density at radius 3 is 2.55 bits per heavy atom. The van der Waals surface area contributed by atoms with Gasteiger partial charge >= 0.3 is 6.03 Å². The van der Waals surface area contributed by atoms with E-state index in [-0.39, 0.29) is 18.9 Å². The largest absolute Gasteiger partial charge is 0.394 e. The zero-order valence-corrected chi connectivity index (χ0v) is 16.2. The maximum Gasteiger partial charge on any atom is 0.319 e. The lowest BCUT2D eigenvalue weighted by Gasteiger charge is -2.31. The van der Waals surface area contributed by atoms with Gasteiger partial charge in [-0.1, -0.05) is 35.5 Å². The number of anilines is 2. The van der Waals surface area contributed by atoms with Crippen molar-refractivity contribution in [3.8, 4) is 0 Å². The van der Waals surface area contributed by atoms with Crippen LogP contribution in [0, 0.1) is 13.8 Å². The van der Waals surface area contributed by atoms with Gasteiger partial charge in [0.2, 0.25) is 5.91 Å². The Kier molecular flexibility index (Phi) is 6.63. The van der Waals surface area contributed by atoms with E-state index in [2.05, 4.69) is 21.1 Å². The van der Waals surface area contributed by atoms with Crippen LogP contribution >= 0.6 is 0 Å². The molecule has 9 nitrogen and oxygen atoms in total. The Hall–Kier alpha value is -3.17. The molecular weight excluding hydrogens is 376 g/mol. The maximum atomic E-state index is 12.3. The van der Waals surface area contributed by atoms with E-state index in [1.165, 1.54) is 0 Å². The number of hydrogen-bond donors (Lipinski definition) is 4. The van der Waals surface area contributed by atoms with Crippen molar-refractivity contribution in [3.63, 3.8) is 0 Å². The lowest BCUT2D eigenvalue weighted by molar-refractivity contribution is -0.120. The molecule has 1 aliphatic heterocycles. The highest BCUT2D eigenvalue weighted by Crippen LogP contribution is 2.20. The van der Waals surface area contributed by atoms with E-state index in [1.54, 1.807) is 38.1 Å². The number of para-hydroxylation sites is 1. The molecule has 3 atom stereocenters. The molecule has 9 heteroatoms. The minimum absolute atomic E-state index is 0.0971. The van der Waals surface area contributed by atoms with Gasteiger partial charge < -0.3 is 30.3 Å². The first-order chi connectivity index (χ1) is 14.0. The first-order valence-corrected chi connectivity index (χ1v) is 9.26. The van der Waals surface area contributed by atoms with Crippen molar-refractivity contribution in [1.82, 2.24) is 10.5 Å². The standard InChI is InChI=1S/C20H24N4O5/c1-12-19(13(2)29-24-12)23-20(27)22-16-9-8-15(28-17(16)11-25)10-18(26)21-14-6-4-3-5-7-14/h3-9,15-17,25H,10-11H2,1-2H3,(H,21,26)(H2,22,23,27)/t15-,16+,17-/m0/s1. The molecule has 2 heterocycles. The highest BCUT2D eigenvalue weighted by molar-refractivity contribution is 5.91. The summed E-state index contributed by atoms with van der Waals surface area (Å²) in [6.07, 6.45) is 2.35. The molecule has 154 valence electrons. The van der Waals surface area contributed by atoms with Crippen LogP contribution in [0.25, 0.3) is 0 Å². The number of carbonyl (C=O) groups is 2. The minimum atomic E-state index is -0.676. The second kappa shape index (κ2) is 9.35. The van der Waals surface area contributed by atoms with E-state index >= 15 is 0 Å². The maximum absolute atomic E-state index is 12.3. The Morgan fingerprint density at radius 1 is 1.14 bits per heavy atom. The van der Waals surface area contributed by atoms with Gasteiger partial charge in [-0.15, -0.1) is 0 Å². The number of nitrogens with one attached hydrogen (secondary N) is 3. The van der Waals surface area contributed by atoms with Crippen LogP contribution in [0.2, 0.25) is 0 Å². The van der Waals surface area contributed by atoms with Crippen molar-refractivity contribution in [2.45, 2.75) is 38.5 Å². The molecule has 1 aromatic heterocycles. The predicted molar refractivity (Wildman–Crippen MR) is 106 cm³/mol. The monoisotopic (exact) mass is 400 g/mol. The molecule has 0 radical (unpaired) electrons. The third-order valence-corrected chi connectivity index (χ3v) is 4.48. The van der Waals surface area contributed by atoms with Crippen LogP contribution in [0.4, 0.5) is 16.2 Å². The number of carbonyl (C=O) groups excluding carboxylic acids is 2. The fraction of sp³-hybridized carbons (Fsp3) is 0.350. The number of nitrogens with zero attached hydrogens (tertiary/aromatic N) is 1. The Balaban J connectivity index is 1.55. The summed E-state index contributed by atoms with van der Waals surface area (Å²) in [5.41, 5.74) is 1.77. The Morgan fingerprint density at radius 2 is 1.90 bits per heavy atom. The second-order valence-corrected chi connectivity index (χ2v) is 6.72. The summed E-state index contributed by atoms with van der Waals surface area (Å²) < 4.78 is 10.8. The van der Waals surface area contributed by atoms with Gasteiger partial charge in [-0.3, -0.25) is 4.79 Å². The molecular formula is C20H24N4O5. The van der Waals surface area contributed by atoms with Gasteiger partial charge in [0.05, 0.1) is 25.2 Å². The zero-order chi connectivity index (χ0) is 20.8. The molecule has 0 fully saturated rings. The highest BCUT2D eigenvalue weighted by Gasteiger charge is 2.29. The average molecular weight is 400 g/mol. The Bertz CT molecular complexity index is 861. The summed E-state index contributed by atoms with van der Waals surface area (Å²) in [4.78, 5) is 24.5. The quantitative estimate of drug-likeness (QED) is 0.551. The van der Waals surface area contributed by atoms with Crippen molar-refractivity contribution >= 4 is 23.3 Å². The lowest BCUT2D eigenvalue weighted by Crippen LogP contribution is -2.50. The number of benzene rings is 1. The number of urea groups is 1. The van der Waals surface area contributed by atoms with Crippen LogP contribution in [0.3, 0.4) is 0 Å². The molecule has 0 unspecified atom stereocenters. The number of aliphatic hydroxyl groups excluding tert-OH is 1. The summed E-state index contributed by atoms with van der Waals surface area (Å²) in [6, 6.07) is 8.10. The number of aryl methyl sites for hydroxylation is 2. The van der Waals surface area contributed by atoms with E-state index < -0.39 is 24.3 Å². The van der Waals surface area contributed by atoms with Crippen LogP contribution in [-0.2, 0) is 9.53 Å². The number of ether oxygens (including phenoxy) is 1. The van der Waals surface area contributed by atoms with Crippen LogP contribution in [0.15, 0.2) is 47.0 Å². The van der Waals surface area contributed by atoms with Gasteiger partial charge in [0.15, 0.2) is 5.76 Å². The van der Waals surface area contributed by atoms with Crippen molar-refractivity contribution in [1.29, 1.82) is 0 Å². The smallest absolute Gasteiger partial charge is 0.319 e. The zero-order valence-electron chi connectivity index (χ0n) is 16.2. The number of rotatable bonds is 6. The van der Waals surface area contributed by atoms with Gasteiger partial charge in [-0.25, -0.2) is 4.79 Å². The lowest BCUT2D eigenvalue weighted by atomic mass is 10.0. The predicted octanol–water partition coefficient (Wildman–Crippen LogP) is 2.13. The van der Waals surface area contributed by atoms with Crippen LogP contribution in [0.5, 0.6) is 0 Å². The van der Waals surface area contributed by atoms with Gasteiger partial charge in [-0.05, 0) is 26.0 Å². The number of aliphatic hydroxyl groups is 1. The normalized spacial score (nSPS) is 20.9. The number of amides is 3. The van der Waals surface area contributed by atoms with E-state index in [4.69, 9.17) is 9.26 Å². The molecule has 0 bridgehead atoms. The first kappa shape index (κ1) is 20.6. The van der Waals surface area contributed by atoms with Gasteiger partial charge in [0.1, 0.15) is 17.5 Å². The summed E-state index contributed by atoms with van der Waals surface area (Å²) in [7, 11) is 0. The van der Waals surface area contributed by atoms with Crippen LogP contribution in [-0.4, -0.2) is 47.1 Å². The van der Waals surface area contributed by atoms with Gasteiger partial charge in [0.25, 0.3) is 0 Å². The van der Waals surface area contributed by atoms with Gasteiger partial charge in [-0.2, -0.15) is 0 Å². The van der Waals surface area contributed by atoms with E-state index in [1.807, 2.05) is 18.2 Å². The topological polar surface area (TPSA) is 126 Å². The SMILES string of the molecule is Cc1noc(C)c1NC(=O)N[C@@H]1C=C[C@@H](CC(=O)Nc2ccccc2)O[C@H]1CO. The van der Waals surface area contributed by atoms with Crippen molar-refractivity contribution in [3.05, 3.63) is 53.9 Å². The molecule has 0 saturated carbocycles. The highest BCUT2D eigenvalue weighted by atomic mass is 16.5. The summed E-state index contributed by atoms with van der Waals surface area (Å²) in [5, 5.41) is 21.6. The van der Waals surface area contributed by atoms with E-state index in [0.29, 0.717) is 22.8 Å². The molecule has 2 aromatic rings. The third kappa shape index (κ3) is 5.43. The van der Waals surface area contributed by atoms with Crippen molar-refractivity contribution in [2.75, 3.05) is 17.2 Å². The van der Waals surface area contributed by atoms with E-state index in [0.717, 1.165) is 0 Å². The second-order valence-electron chi connectivity index (χ2n) is 6.72. The fourth-order valence-electron chi connectivity index (χ4n) is 3.01. The molecule has 4 N–H and O–H groups in total. The molecule has 3 rings (SSSR count). The minimum Gasteiger partial charge on any atom is -0.394 e. The molecule has 1 aliphatic rings. The van der Waals surface area contributed by atoms with Crippen molar-refractivity contribution in [2.24, 2.45) is 0 Å². The first-order valence-electron chi connectivity index (χ1n) is 9.26. The summed E-state index contributed by atoms with van der Waals surface area (Å²) >= 11 is 0. The fourth-order valence-corrected chi connectivity index (χ4v) is 3.01. The van der Waals surface area contributed by atoms with E-state index in [9.17, 15) is 14.7 Å². The molecule has 1 aromatic carbocycles. The molecule has 0 saturated heterocycles. The molecule has 3 amide bonds. The van der Waals surface area contributed by atoms with Crippen LogP contribution < -0.4 is 16.0 Å². The van der Waals surface area contributed by atoms with Gasteiger partial charge in [0, 0.05) is 5.69 Å². The third-order valence-electron chi connectivity index (χ3n) is 4.48. The number of hydrogen-bond acceptors (Lipinski definition) is 6. The molecule has 29 heavy (non-hydrogen) atoms. The Labute approximate surface area is 168 Å². The summed E-state index contributed by atoms with van der Waals surface area (Å²) in [5.74, 6) is 0.293. The number of aromatic nitrogens is 1. The molecule has 0 spiro atoms. The van der Waals surface area contributed by atoms with Crippen molar-refractivity contribution < 1.29 is 24.0 Å².